The fourth-order valence-electron chi connectivity index (χ4n) is 0.119. The van der Waals surface area contributed by atoms with Crippen molar-refractivity contribution >= 4 is 38.5 Å². The van der Waals surface area contributed by atoms with Crippen LogP contribution in [0.1, 0.15) is 6.42 Å². The van der Waals surface area contributed by atoms with Crippen LogP contribution < -0.4 is 0 Å². The first-order valence-corrected chi connectivity index (χ1v) is 3.88. The average Bonchev–Trinajstić information content (AvgIpc) is 1.61. The fraction of sp³-hybridized carbons (Fsp3) is 0.667. The van der Waals surface area contributed by atoms with Crippen molar-refractivity contribution in [2.24, 2.45) is 0 Å². The van der Waals surface area contributed by atoms with Gasteiger partial charge in [-0.3, -0.25) is 4.79 Å². The Morgan fingerprint density at radius 1 is 1.71 bits per heavy atom. The summed E-state index contributed by atoms with van der Waals surface area (Å²) in [6, 6.07) is 0. The van der Waals surface area contributed by atoms with Crippen LogP contribution in [0.5, 0.6) is 0 Å². The highest BCUT2D eigenvalue weighted by atomic mass is 35.7. The first kappa shape index (κ1) is 7.60. The largest absolute Gasteiger partial charge is 0.281 e. The van der Waals surface area contributed by atoms with E-state index >= 15 is 0 Å². The summed E-state index contributed by atoms with van der Waals surface area (Å²) in [7, 11) is 6.25. The minimum absolute atomic E-state index is 0.326. The summed E-state index contributed by atoms with van der Waals surface area (Å²) in [5, 5.41) is -0.326. The van der Waals surface area contributed by atoms with Gasteiger partial charge in [-0.2, -0.15) is 0 Å². The van der Waals surface area contributed by atoms with Crippen LogP contribution in [-0.4, -0.2) is 11.0 Å². The molecule has 1 nitrogen and oxygen atoms in total. The van der Waals surface area contributed by atoms with Crippen molar-refractivity contribution in [3.63, 3.8) is 0 Å². The Labute approximate surface area is 55.9 Å². The molecule has 0 atom stereocenters. The van der Waals surface area contributed by atoms with Gasteiger partial charge < -0.3 is 0 Å². The molecule has 0 aromatic carbocycles. The Hall–Kier alpha value is 0.600. The van der Waals surface area contributed by atoms with Gasteiger partial charge in [0.1, 0.15) is 0 Å². The summed E-state index contributed by atoms with van der Waals surface area (Å²) in [6.07, 6.45) is 0.357. The van der Waals surface area contributed by atoms with Gasteiger partial charge in [0.2, 0.25) is 5.24 Å². The number of rotatable bonds is 3. The maximum Gasteiger partial charge on any atom is 0.222 e. The number of hydrogen-bond donors (Lipinski definition) is 0. The first-order valence-electron chi connectivity index (χ1n) is 1.69. The third kappa shape index (κ3) is 6.60. The molecule has 0 saturated heterocycles. The van der Waals surface area contributed by atoms with Gasteiger partial charge in [-0.1, -0.05) is 11.0 Å². The van der Waals surface area contributed by atoms with E-state index in [1.165, 1.54) is 0 Å². The second kappa shape index (κ2) is 4.75. The molecular weight excluding hydrogens is 155 g/mol. The van der Waals surface area contributed by atoms with E-state index in [1.54, 1.807) is 0 Å². The zero-order chi connectivity index (χ0) is 5.70. The lowest BCUT2D eigenvalue weighted by Crippen LogP contribution is -1.85. The molecule has 0 unspecified atom stereocenters. The Morgan fingerprint density at radius 3 is 2.43 bits per heavy atom. The molecule has 0 bridgehead atoms. The smallest absolute Gasteiger partial charge is 0.222 e. The second-order valence-electron chi connectivity index (χ2n) is 0.918. The highest BCUT2D eigenvalue weighted by Gasteiger charge is 1.91. The normalized spacial score (nSPS) is 8.86. The third-order valence-electron chi connectivity index (χ3n) is 0.376. The highest BCUT2D eigenvalue weighted by molar-refractivity contribution is 8.21. The molecule has 0 aromatic heterocycles. The molecule has 4 heteroatoms. The standard InChI is InChI=1S/C3H4Cl2OS/c4-3(6)1-2-7-5/h1-2H2. The predicted octanol–water partition coefficient (Wildman–Crippen LogP) is 2.03. The van der Waals surface area contributed by atoms with E-state index in [0.717, 1.165) is 11.0 Å². The van der Waals surface area contributed by atoms with Crippen LogP contribution in [0.25, 0.3) is 0 Å². The van der Waals surface area contributed by atoms with E-state index in [0.29, 0.717) is 12.2 Å². The van der Waals surface area contributed by atoms with E-state index in [4.69, 9.17) is 22.3 Å². The van der Waals surface area contributed by atoms with E-state index in [1.807, 2.05) is 0 Å². The van der Waals surface area contributed by atoms with Crippen molar-refractivity contribution in [1.29, 1.82) is 0 Å². The molecule has 42 valence electrons. The van der Waals surface area contributed by atoms with Crippen LogP contribution in [0.2, 0.25) is 0 Å². The average molecular weight is 159 g/mol. The van der Waals surface area contributed by atoms with Gasteiger partial charge in [0, 0.05) is 12.2 Å². The van der Waals surface area contributed by atoms with Crippen molar-refractivity contribution in [2.45, 2.75) is 6.42 Å². The van der Waals surface area contributed by atoms with E-state index in [-0.39, 0.29) is 5.24 Å². The van der Waals surface area contributed by atoms with E-state index in [9.17, 15) is 4.79 Å². The van der Waals surface area contributed by atoms with Gasteiger partial charge in [-0.15, -0.1) is 0 Å². The van der Waals surface area contributed by atoms with Crippen molar-refractivity contribution in [3.8, 4) is 0 Å². The lowest BCUT2D eigenvalue weighted by Gasteiger charge is -1.82. The van der Waals surface area contributed by atoms with Gasteiger partial charge in [0.25, 0.3) is 0 Å². The molecule has 7 heavy (non-hydrogen) atoms. The fourth-order valence-corrected chi connectivity index (χ4v) is 0.819. The van der Waals surface area contributed by atoms with Gasteiger partial charge in [-0.05, 0) is 22.3 Å². The Bertz CT molecular complexity index is 66.0. The molecule has 0 fully saturated rings. The van der Waals surface area contributed by atoms with E-state index < -0.39 is 0 Å². The molecule has 0 amide bonds. The first-order chi connectivity index (χ1) is 3.27. The van der Waals surface area contributed by atoms with Crippen LogP contribution in [0.4, 0.5) is 0 Å². The summed E-state index contributed by atoms with van der Waals surface area (Å²) in [4.78, 5) is 9.90. The molecule has 0 saturated carbocycles. The minimum atomic E-state index is -0.326. The van der Waals surface area contributed by atoms with Crippen molar-refractivity contribution < 1.29 is 4.79 Å². The molecule has 0 aliphatic heterocycles. The zero-order valence-corrected chi connectivity index (χ0v) is 5.81. The van der Waals surface area contributed by atoms with Gasteiger partial charge in [0.05, 0.1) is 0 Å². The van der Waals surface area contributed by atoms with Crippen molar-refractivity contribution in [3.05, 3.63) is 0 Å². The molecule has 0 radical (unpaired) electrons. The van der Waals surface area contributed by atoms with E-state index in [2.05, 4.69) is 0 Å². The van der Waals surface area contributed by atoms with Crippen LogP contribution in [0, 0.1) is 0 Å². The highest BCUT2D eigenvalue weighted by Crippen LogP contribution is 2.07. The summed E-state index contributed by atoms with van der Waals surface area (Å²) < 4.78 is 0. The summed E-state index contributed by atoms with van der Waals surface area (Å²) in [6.45, 7) is 0. The lowest BCUT2D eigenvalue weighted by molar-refractivity contribution is -0.111. The zero-order valence-electron chi connectivity index (χ0n) is 3.49. The van der Waals surface area contributed by atoms with Crippen LogP contribution in [0.3, 0.4) is 0 Å². The van der Waals surface area contributed by atoms with Crippen LogP contribution in [0.15, 0.2) is 0 Å². The second-order valence-corrected chi connectivity index (χ2v) is 2.62. The Kier molecular flexibility index (Phi) is 5.16. The SMILES string of the molecule is O=C(Cl)CCSCl. The molecule has 0 N–H and O–H groups in total. The van der Waals surface area contributed by atoms with Crippen molar-refractivity contribution in [1.82, 2.24) is 0 Å². The summed E-state index contributed by atoms with van der Waals surface area (Å²) in [5.74, 6) is 0.601. The topological polar surface area (TPSA) is 17.1 Å². The number of halogens is 2. The third-order valence-corrected chi connectivity index (χ3v) is 1.39. The molecule has 0 aromatic rings. The van der Waals surface area contributed by atoms with Gasteiger partial charge >= 0.3 is 0 Å². The molecular formula is C3H4Cl2OS. The molecule has 0 aliphatic rings. The lowest BCUT2D eigenvalue weighted by atomic mass is 10.6. The molecule has 0 rings (SSSR count). The minimum Gasteiger partial charge on any atom is -0.281 e. The Balaban J connectivity index is 2.82. The predicted molar refractivity (Wildman–Crippen MR) is 33.8 cm³/mol. The number of carbonyl (C=O) groups is 1. The maximum absolute atomic E-state index is 9.90. The summed E-state index contributed by atoms with van der Waals surface area (Å²) in [5.41, 5.74) is 0. The monoisotopic (exact) mass is 158 g/mol. The number of hydrogen-bond acceptors (Lipinski definition) is 2. The molecule has 0 aliphatic carbocycles. The summed E-state index contributed by atoms with van der Waals surface area (Å²) >= 11 is 4.95. The number of carbonyl (C=O) groups excluding carboxylic acids is 1. The van der Waals surface area contributed by atoms with Gasteiger partial charge in [0.15, 0.2) is 0 Å². The van der Waals surface area contributed by atoms with Gasteiger partial charge in [-0.25, -0.2) is 0 Å². The maximum atomic E-state index is 9.90. The quantitative estimate of drug-likeness (QED) is 0.586. The Morgan fingerprint density at radius 2 is 2.29 bits per heavy atom. The molecule has 0 spiro atoms. The van der Waals surface area contributed by atoms with Crippen molar-refractivity contribution in [2.75, 3.05) is 5.75 Å². The van der Waals surface area contributed by atoms with Crippen LogP contribution in [-0.2, 0) is 4.79 Å². The molecule has 0 heterocycles. The van der Waals surface area contributed by atoms with Crippen LogP contribution >= 0.6 is 33.3 Å².